The fourth-order valence-corrected chi connectivity index (χ4v) is 1.09. The van der Waals surface area contributed by atoms with Crippen LogP contribution in [0.4, 0.5) is 0 Å². The van der Waals surface area contributed by atoms with Gasteiger partial charge in [0.15, 0.2) is 0 Å². The van der Waals surface area contributed by atoms with Gasteiger partial charge in [0.1, 0.15) is 0 Å². The van der Waals surface area contributed by atoms with Crippen molar-refractivity contribution in [1.82, 2.24) is 10.6 Å². The summed E-state index contributed by atoms with van der Waals surface area (Å²) in [5.41, 5.74) is 0. The van der Waals surface area contributed by atoms with E-state index in [0.29, 0.717) is 0 Å². The molecule has 0 atom stereocenters. The van der Waals surface area contributed by atoms with Crippen LogP contribution in [0.15, 0.2) is 0 Å². The summed E-state index contributed by atoms with van der Waals surface area (Å²) >= 11 is 0. The van der Waals surface area contributed by atoms with Gasteiger partial charge in [-0.25, -0.2) is 0 Å². The Morgan fingerprint density at radius 2 is 1.38 bits per heavy atom. The molecule has 48 valence electrons. The second-order valence-corrected chi connectivity index (χ2v) is 2.44. The van der Waals surface area contributed by atoms with E-state index in [1.165, 1.54) is 12.8 Å². The minimum Gasteiger partial charge on any atom is -0.317 e. The van der Waals surface area contributed by atoms with Gasteiger partial charge in [-0.3, -0.25) is 0 Å². The number of hydrogen-bond acceptors (Lipinski definition) is 2. The van der Waals surface area contributed by atoms with Crippen LogP contribution in [-0.4, -0.2) is 26.2 Å². The molecule has 1 saturated carbocycles. The van der Waals surface area contributed by atoms with Gasteiger partial charge in [-0.2, -0.15) is 0 Å². The average molecular weight is 114 g/mol. The second kappa shape index (κ2) is 2.46. The van der Waals surface area contributed by atoms with Crippen LogP contribution in [-0.2, 0) is 0 Å². The average Bonchev–Trinajstić information content (AvgIpc) is 1.65. The SMILES string of the molecule is CN[C@H]1C[C@@H](NC)C1. The smallest absolute Gasteiger partial charge is 0.00936 e. The zero-order valence-electron chi connectivity index (χ0n) is 5.57. The Morgan fingerprint density at radius 1 is 1.00 bits per heavy atom. The first-order valence-corrected chi connectivity index (χ1v) is 3.21. The van der Waals surface area contributed by atoms with Crippen molar-refractivity contribution < 1.29 is 0 Å². The molecule has 0 aliphatic heterocycles. The van der Waals surface area contributed by atoms with Gasteiger partial charge in [-0.15, -0.1) is 0 Å². The van der Waals surface area contributed by atoms with Gasteiger partial charge < -0.3 is 10.6 Å². The first-order chi connectivity index (χ1) is 3.86. The fourth-order valence-electron chi connectivity index (χ4n) is 1.09. The van der Waals surface area contributed by atoms with Gasteiger partial charge in [-0.05, 0) is 26.9 Å². The van der Waals surface area contributed by atoms with Gasteiger partial charge in [0.05, 0.1) is 0 Å². The molecule has 8 heavy (non-hydrogen) atoms. The van der Waals surface area contributed by atoms with E-state index in [-0.39, 0.29) is 0 Å². The lowest BCUT2D eigenvalue weighted by molar-refractivity contribution is 0.273. The molecule has 1 aliphatic carbocycles. The standard InChI is InChI=1S/C6H14N2/c1-7-5-3-6(4-5)8-2/h5-8H,3-4H2,1-2H3/t5-,6+. The summed E-state index contributed by atoms with van der Waals surface area (Å²) in [6.45, 7) is 0. The second-order valence-electron chi connectivity index (χ2n) is 2.44. The molecule has 1 fully saturated rings. The summed E-state index contributed by atoms with van der Waals surface area (Å²) in [4.78, 5) is 0. The quantitative estimate of drug-likeness (QED) is 0.526. The lowest BCUT2D eigenvalue weighted by Gasteiger charge is -2.34. The predicted molar refractivity (Wildman–Crippen MR) is 34.9 cm³/mol. The molecule has 2 nitrogen and oxygen atoms in total. The lowest BCUT2D eigenvalue weighted by Crippen LogP contribution is -2.48. The number of rotatable bonds is 2. The zero-order chi connectivity index (χ0) is 5.98. The van der Waals surface area contributed by atoms with Crippen LogP contribution >= 0.6 is 0 Å². The monoisotopic (exact) mass is 114 g/mol. The molecule has 0 radical (unpaired) electrons. The molecule has 1 aliphatic rings. The van der Waals surface area contributed by atoms with Crippen molar-refractivity contribution >= 4 is 0 Å². The maximum Gasteiger partial charge on any atom is 0.00936 e. The summed E-state index contributed by atoms with van der Waals surface area (Å²) in [6.07, 6.45) is 2.60. The topological polar surface area (TPSA) is 24.1 Å². The first-order valence-electron chi connectivity index (χ1n) is 3.21. The van der Waals surface area contributed by atoms with Crippen LogP contribution in [0.2, 0.25) is 0 Å². The van der Waals surface area contributed by atoms with Gasteiger partial charge in [0.2, 0.25) is 0 Å². The van der Waals surface area contributed by atoms with Gasteiger partial charge in [0, 0.05) is 12.1 Å². The maximum atomic E-state index is 3.23. The van der Waals surface area contributed by atoms with Crippen LogP contribution in [0.1, 0.15) is 12.8 Å². The van der Waals surface area contributed by atoms with E-state index in [9.17, 15) is 0 Å². The Morgan fingerprint density at radius 3 is 1.62 bits per heavy atom. The minimum atomic E-state index is 0.785. The van der Waals surface area contributed by atoms with Gasteiger partial charge in [-0.1, -0.05) is 0 Å². The summed E-state index contributed by atoms with van der Waals surface area (Å²) in [7, 11) is 4.05. The molecule has 0 heterocycles. The molecule has 0 aromatic rings. The highest BCUT2D eigenvalue weighted by Crippen LogP contribution is 2.18. The van der Waals surface area contributed by atoms with Crippen molar-refractivity contribution in [2.75, 3.05) is 14.1 Å². The van der Waals surface area contributed by atoms with Crippen LogP contribution in [0.25, 0.3) is 0 Å². The van der Waals surface area contributed by atoms with Crippen molar-refractivity contribution in [1.29, 1.82) is 0 Å². The minimum absolute atomic E-state index is 0.785. The Kier molecular flexibility index (Phi) is 1.86. The fraction of sp³-hybridized carbons (Fsp3) is 1.00. The molecule has 1 rings (SSSR count). The molecule has 0 amide bonds. The molecular weight excluding hydrogens is 100 g/mol. The van der Waals surface area contributed by atoms with Crippen LogP contribution in [0.5, 0.6) is 0 Å². The summed E-state index contributed by atoms with van der Waals surface area (Å²) in [5.74, 6) is 0. The van der Waals surface area contributed by atoms with Crippen LogP contribution < -0.4 is 10.6 Å². The molecule has 0 bridgehead atoms. The molecule has 0 saturated heterocycles. The van der Waals surface area contributed by atoms with Crippen molar-refractivity contribution in [3.63, 3.8) is 0 Å². The number of nitrogens with one attached hydrogen (secondary N) is 2. The van der Waals surface area contributed by atoms with E-state index in [1.54, 1.807) is 0 Å². The van der Waals surface area contributed by atoms with E-state index in [2.05, 4.69) is 10.6 Å². The third-order valence-electron chi connectivity index (χ3n) is 1.95. The first kappa shape index (κ1) is 6.05. The summed E-state index contributed by atoms with van der Waals surface area (Å²) < 4.78 is 0. The molecular formula is C6H14N2. The highest BCUT2D eigenvalue weighted by molar-refractivity contribution is 4.87. The Hall–Kier alpha value is -0.0800. The molecule has 0 aromatic heterocycles. The summed E-state index contributed by atoms with van der Waals surface area (Å²) in [5, 5.41) is 6.45. The molecule has 0 unspecified atom stereocenters. The van der Waals surface area contributed by atoms with Crippen LogP contribution in [0, 0.1) is 0 Å². The molecule has 2 heteroatoms. The van der Waals surface area contributed by atoms with E-state index in [0.717, 1.165) is 12.1 Å². The molecule has 0 aromatic carbocycles. The molecule has 0 spiro atoms. The van der Waals surface area contributed by atoms with Crippen molar-refractivity contribution in [2.24, 2.45) is 0 Å². The third kappa shape index (κ3) is 1.01. The van der Waals surface area contributed by atoms with E-state index in [4.69, 9.17) is 0 Å². The highest BCUT2D eigenvalue weighted by atomic mass is 15.0. The van der Waals surface area contributed by atoms with Crippen molar-refractivity contribution in [3.05, 3.63) is 0 Å². The van der Waals surface area contributed by atoms with Gasteiger partial charge in [0.25, 0.3) is 0 Å². The predicted octanol–water partition coefficient (Wildman–Crippen LogP) is -0.0438. The largest absolute Gasteiger partial charge is 0.317 e. The third-order valence-corrected chi connectivity index (χ3v) is 1.95. The Labute approximate surface area is 50.7 Å². The highest BCUT2D eigenvalue weighted by Gasteiger charge is 2.25. The Bertz CT molecular complexity index is 58.9. The summed E-state index contributed by atoms with van der Waals surface area (Å²) in [6, 6.07) is 1.57. The van der Waals surface area contributed by atoms with E-state index < -0.39 is 0 Å². The van der Waals surface area contributed by atoms with E-state index in [1.807, 2.05) is 14.1 Å². The molecule has 2 N–H and O–H groups in total. The van der Waals surface area contributed by atoms with Crippen molar-refractivity contribution in [3.8, 4) is 0 Å². The normalized spacial score (nSPS) is 36.8. The van der Waals surface area contributed by atoms with Gasteiger partial charge >= 0.3 is 0 Å². The lowest BCUT2D eigenvalue weighted by atomic mass is 9.87. The van der Waals surface area contributed by atoms with E-state index >= 15 is 0 Å². The maximum absolute atomic E-state index is 3.23. The zero-order valence-corrected chi connectivity index (χ0v) is 5.57. The Balaban J connectivity index is 2.03. The number of hydrogen-bond donors (Lipinski definition) is 2. The van der Waals surface area contributed by atoms with Crippen molar-refractivity contribution in [2.45, 2.75) is 24.9 Å². The van der Waals surface area contributed by atoms with Crippen LogP contribution in [0.3, 0.4) is 0 Å².